The van der Waals surface area contributed by atoms with Crippen molar-refractivity contribution in [2.45, 2.75) is 9.79 Å². The zero-order chi connectivity index (χ0) is 18.4. The minimum atomic E-state index is -2.20. The highest BCUT2D eigenvalue weighted by Gasteiger charge is 2.40. The van der Waals surface area contributed by atoms with Gasteiger partial charge in [0.15, 0.2) is 0 Å². The van der Waals surface area contributed by atoms with E-state index in [1.165, 1.54) is 20.2 Å². The first-order chi connectivity index (χ1) is 13.4. The zero-order valence-electron chi connectivity index (χ0n) is 14.9. The van der Waals surface area contributed by atoms with Crippen LogP contribution in [0.15, 0.2) is 131 Å². The van der Waals surface area contributed by atoms with Crippen LogP contribution in [0.1, 0.15) is 0 Å². The average Bonchev–Trinajstić information content (AvgIpc) is 2.76. The monoisotopic (exact) mass is 400 g/mol. The topological polar surface area (TPSA) is 0 Å². The van der Waals surface area contributed by atoms with Crippen molar-refractivity contribution >= 4 is 39.2 Å². The second kappa shape index (κ2) is 8.66. The fourth-order valence-corrected chi connectivity index (χ4v) is 14.5. The van der Waals surface area contributed by atoms with Gasteiger partial charge in [-0.3, -0.25) is 0 Å². The summed E-state index contributed by atoms with van der Waals surface area (Å²) in [4.78, 5) is 2.64. The molecule has 0 N–H and O–H groups in total. The Labute approximate surface area is 170 Å². The Morgan fingerprint density at radius 2 is 0.667 bits per heavy atom. The summed E-state index contributed by atoms with van der Waals surface area (Å²) in [5.74, 6) is 0. The molecule has 0 unspecified atom stereocenters. The van der Waals surface area contributed by atoms with Gasteiger partial charge in [0.1, 0.15) is 0 Å². The lowest BCUT2D eigenvalue weighted by molar-refractivity contribution is 1.47. The van der Waals surface area contributed by atoms with Crippen molar-refractivity contribution in [1.29, 1.82) is 0 Å². The van der Waals surface area contributed by atoms with E-state index >= 15 is 0 Å². The third kappa shape index (κ3) is 4.21. The van der Waals surface area contributed by atoms with E-state index in [9.17, 15) is 0 Å². The Hall–Kier alpha value is -2.20. The van der Waals surface area contributed by atoms with Crippen molar-refractivity contribution in [2.24, 2.45) is 0 Å². The first-order valence-electron chi connectivity index (χ1n) is 8.96. The minimum absolute atomic E-state index is 1.32. The quantitative estimate of drug-likeness (QED) is 0.374. The molecule has 0 bridgehead atoms. The summed E-state index contributed by atoms with van der Waals surface area (Å²) in [6.45, 7) is 0. The number of hydrogen-bond acceptors (Lipinski definition) is 2. The van der Waals surface area contributed by atoms with Crippen molar-refractivity contribution in [2.75, 3.05) is 0 Å². The van der Waals surface area contributed by atoms with Crippen LogP contribution in [0, 0.1) is 0 Å². The van der Waals surface area contributed by atoms with Crippen LogP contribution in [-0.4, -0.2) is 6.37 Å². The molecule has 0 aliphatic rings. The molecule has 0 saturated heterocycles. The van der Waals surface area contributed by atoms with E-state index in [0.29, 0.717) is 0 Å². The molecule has 0 atom stereocenters. The second-order valence-corrected chi connectivity index (χ2v) is 15.6. The maximum atomic E-state index is 2.30. The molecular formula is C24H20S2Si. The lowest BCUT2D eigenvalue weighted by atomic mass is 10.4. The molecule has 4 aromatic carbocycles. The van der Waals surface area contributed by atoms with Crippen LogP contribution in [-0.2, 0) is 0 Å². The molecule has 0 aromatic heterocycles. The third-order valence-corrected chi connectivity index (χ3v) is 15.6. The zero-order valence-corrected chi connectivity index (χ0v) is 17.5. The molecule has 4 aromatic rings. The highest BCUT2D eigenvalue weighted by Crippen LogP contribution is 2.41. The molecule has 0 aliphatic carbocycles. The Morgan fingerprint density at radius 3 is 1.00 bits per heavy atom. The molecule has 27 heavy (non-hydrogen) atoms. The summed E-state index contributed by atoms with van der Waals surface area (Å²) in [6.07, 6.45) is -2.20. The fourth-order valence-electron chi connectivity index (χ4n) is 3.05. The normalized spacial score (nSPS) is 11.3. The van der Waals surface area contributed by atoms with Gasteiger partial charge in [0.05, 0.1) is 0 Å². The van der Waals surface area contributed by atoms with E-state index in [4.69, 9.17) is 0 Å². The van der Waals surface area contributed by atoms with Crippen LogP contribution in [0.25, 0.3) is 0 Å². The largest absolute Gasteiger partial charge is 0.249 e. The first-order valence-corrected chi connectivity index (χ1v) is 14.0. The van der Waals surface area contributed by atoms with Gasteiger partial charge in [-0.05, 0) is 34.6 Å². The maximum Gasteiger partial charge on any atom is 0.249 e. The third-order valence-electron chi connectivity index (χ3n) is 4.32. The molecule has 0 aliphatic heterocycles. The first kappa shape index (κ1) is 18.2. The second-order valence-electron chi connectivity index (χ2n) is 6.18. The molecule has 0 heterocycles. The molecule has 4 rings (SSSR count). The molecule has 0 nitrogen and oxygen atoms in total. The Bertz CT molecular complexity index is 875. The molecule has 0 fully saturated rings. The van der Waals surface area contributed by atoms with Gasteiger partial charge in [-0.1, -0.05) is 97.1 Å². The van der Waals surface area contributed by atoms with E-state index in [2.05, 4.69) is 121 Å². The Morgan fingerprint density at radius 1 is 0.370 bits per heavy atom. The number of rotatable bonds is 6. The van der Waals surface area contributed by atoms with Crippen LogP contribution in [0.2, 0.25) is 0 Å². The standard InChI is InChI=1S/C24H20S2Si/c1-5-13-21(14-6-1)25-27(23-17-9-3-10-18-23,24-19-11-4-12-20-24)26-22-15-7-2-8-16-22/h1-20H. The average molecular weight is 401 g/mol. The summed E-state index contributed by atoms with van der Waals surface area (Å²) in [5.41, 5.74) is 0. The predicted molar refractivity (Wildman–Crippen MR) is 123 cm³/mol. The maximum absolute atomic E-state index is 2.30. The van der Waals surface area contributed by atoms with Crippen LogP contribution in [0.3, 0.4) is 0 Å². The van der Waals surface area contributed by atoms with Crippen LogP contribution in [0.5, 0.6) is 0 Å². The van der Waals surface area contributed by atoms with Gasteiger partial charge in [-0.15, -0.1) is 22.4 Å². The summed E-state index contributed by atoms with van der Waals surface area (Å²) < 4.78 is 0. The summed E-state index contributed by atoms with van der Waals surface area (Å²) >= 11 is 4.08. The SMILES string of the molecule is c1ccc(S[Si](Sc2ccccc2)(c2ccccc2)c2ccccc2)cc1. The molecule has 132 valence electrons. The van der Waals surface area contributed by atoms with Gasteiger partial charge in [-0.25, -0.2) is 0 Å². The summed E-state index contributed by atoms with van der Waals surface area (Å²) in [6, 6.07) is 43.6. The van der Waals surface area contributed by atoms with Gasteiger partial charge >= 0.3 is 0 Å². The van der Waals surface area contributed by atoms with Gasteiger partial charge in [0.2, 0.25) is 6.37 Å². The highest BCUT2D eigenvalue weighted by atomic mass is 32.6. The van der Waals surface area contributed by atoms with Crippen molar-refractivity contribution in [3.8, 4) is 0 Å². The lowest BCUT2D eigenvalue weighted by Gasteiger charge is -2.31. The van der Waals surface area contributed by atoms with Crippen molar-refractivity contribution < 1.29 is 0 Å². The van der Waals surface area contributed by atoms with E-state index in [0.717, 1.165) is 0 Å². The van der Waals surface area contributed by atoms with Crippen molar-refractivity contribution in [3.05, 3.63) is 121 Å². The Kier molecular flexibility index (Phi) is 5.83. The smallest absolute Gasteiger partial charge is 0.127 e. The van der Waals surface area contributed by atoms with Crippen LogP contribution >= 0.6 is 22.4 Å². The van der Waals surface area contributed by atoms with Crippen LogP contribution < -0.4 is 10.4 Å². The van der Waals surface area contributed by atoms with Gasteiger partial charge in [-0.2, -0.15) is 0 Å². The van der Waals surface area contributed by atoms with Gasteiger partial charge < -0.3 is 0 Å². The van der Waals surface area contributed by atoms with E-state index in [1.54, 1.807) is 0 Å². The van der Waals surface area contributed by atoms with E-state index < -0.39 is 6.37 Å². The van der Waals surface area contributed by atoms with E-state index in [-0.39, 0.29) is 0 Å². The highest BCUT2D eigenvalue weighted by molar-refractivity contribution is 8.61. The number of hydrogen-bond donors (Lipinski definition) is 0. The fraction of sp³-hybridized carbons (Fsp3) is 0. The predicted octanol–water partition coefficient (Wildman–Crippen LogP) is 5.83. The molecule has 0 amide bonds. The molecule has 3 heteroatoms. The summed E-state index contributed by atoms with van der Waals surface area (Å²) in [7, 11) is 0. The lowest BCUT2D eigenvalue weighted by Crippen LogP contribution is -2.52. The van der Waals surface area contributed by atoms with E-state index in [1.807, 2.05) is 22.4 Å². The van der Waals surface area contributed by atoms with Gasteiger partial charge in [0, 0.05) is 9.79 Å². The Balaban J connectivity index is 1.90. The number of benzene rings is 4. The minimum Gasteiger partial charge on any atom is -0.127 e. The molecule has 0 radical (unpaired) electrons. The van der Waals surface area contributed by atoms with Crippen molar-refractivity contribution in [3.63, 3.8) is 0 Å². The molecule has 0 saturated carbocycles. The van der Waals surface area contributed by atoms with Crippen molar-refractivity contribution in [1.82, 2.24) is 0 Å². The van der Waals surface area contributed by atoms with Gasteiger partial charge in [0.25, 0.3) is 0 Å². The van der Waals surface area contributed by atoms with Crippen LogP contribution in [0.4, 0.5) is 0 Å². The molecule has 0 spiro atoms. The summed E-state index contributed by atoms with van der Waals surface area (Å²) in [5, 5.41) is 2.86. The molecular weight excluding hydrogens is 380 g/mol.